The summed E-state index contributed by atoms with van der Waals surface area (Å²) in [5.74, 6) is -0.833. The van der Waals surface area contributed by atoms with Crippen LogP contribution >= 0.6 is 23.2 Å². The van der Waals surface area contributed by atoms with Gasteiger partial charge in [-0.2, -0.15) is 0 Å². The molecule has 0 aromatic carbocycles. The molecule has 0 aliphatic heterocycles. The highest BCUT2D eigenvalue weighted by Crippen LogP contribution is 1.73. The lowest BCUT2D eigenvalue weighted by atomic mass is 10.9. The van der Waals surface area contributed by atoms with E-state index in [0.29, 0.717) is 0 Å². The summed E-state index contributed by atoms with van der Waals surface area (Å²) in [5.41, 5.74) is 0. The number of hydrogen-bond acceptors (Lipinski definition) is 2. The second-order valence-electron chi connectivity index (χ2n) is 0.725. The minimum Gasteiger partial charge on any atom is -0.483 e. The molecule has 0 aromatic heterocycles. The molecule has 0 saturated carbocycles. The SMILES string of the molecule is CC(=O)O.ClCCl.O=CO. The maximum Gasteiger partial charge on any atom is 0.300 e. The molecule has 0 radical (unpaired) electrons. The molecule has 0 saturated heterocycles. The van der Waals surface area contributed by atoms with Crippen LogP contribution in [0.5, 0.6) is 0 Å². The molecular formula is C4H8Cl2O4. The van der Waals surface area contributed by atoms with E-state index in [1.807, 2.05) is 0 Å². The van der Waals surface area contributed by atoms with Crippen LogP contribution in [0.1, 0.15) is 6.92 Å². The van der Waals surface area contributed by atoms with E-state index in [4.69, 9.17) is 43.0 Å². The van der Waals surface area contributed by atoms with Crippen molar-refractivity contribution in [3.63, 3.8) is 0 Å². The van der Waals surface area contributed by atoms with E-state index in [9.17, 15) is 0 Å². The third-order valence-electron chi connectivity index (χ3n) is 0. The first kappa shape index (κ1) is 16.3. The summed E-state index contributed by atoms with van der Waals surface area (Å²) in [6.45, 7) is 0.833. The van der Waals surface area contributed by atoms with Crippen LogP contribution in [0, 0.1) is 0 Å². The Bertz CT molecular complexity index is 71.7. The van der Waals surface area contributed by atoms with Gasteiger partial charge in [0.25, 0.3) is 12.4 Å². The minimum absolute atomic E-state index is 0.194. The number of alkyl halides is 2. The molecule has 0 heterocycles. The summed E-state index contributed by atoms with van der Waals surface area (Å²) in [6.07, 6.45) is 0. The normalized spacial score (nSPS) is 5.50. The summed E-state index contributed by atoms with van der Waals surface area (Å²) in [5, 5.41) is 14.5. The van der Waals surface area contributed by atoms with Gasteiger partial charge in [0.2, 0.25) is 0 Å². The Morgan fingerprint density at radius 3 is 1.60 bits per heavy atom. The number of aliphatic carboxylic acids is 1. The van der Waals surface area contributed by atoms with Crippen LogP contribution in [0.3, 0.4) is 0 Å². The molecule has 0 bridgehead atoms. The van der Waals surface area contributed by atoms with Crippen molar-refractivity contribution < 1.29 is 19.8 Å². The smallest absolute Gasteiger partial charge is 0.300 e. The van der Waals surface area contributed by atoms with E-state index in [-0.39, 0.29) is 11.8 Å². The van der Waals surface area contributed by atoms with Crippen LogP contribution < -0.4 is 0 Å². The Kier molecular flexibility index (Phi) is 38.3. The second-order valence-corrected chi connectivity index (χ2v) is 1.53. The maximum absolute atomic E-state index is 9.00. The van der Waals surface area contributed by atoms with Gasteiger partial charge in [0.15, 0.2) is 0 Å². The standard InChI is InChI=1S/C2H4O2.CH2Cl2.CH2O2/c1-2(3)4;2*2-1-3/h1H3,(H,3,4);1H2;1H,(H,2,3). The molecule has 0 fully saturated rings. The third kappa shape index (κ3) is 1390. The number of carboxylic acid groups (broad SMARTS) is 2. The van der Waals surface area contributed by atoms with Gasteiger partial charge < -0.3 is 10.2 Å². The molecule has 0 unspecified atom stereocenters. The Morgan fingerprint density at radius 1 is 1.60 bits per heavy atom. The van der Waals surface area contributed by atoms with Gasteiger partial charge in [-0.05, 0) is 0 Å². The Morgan fingerprint density at radius 2 is 1.60 bits per heavy atom. The molecule has 4 nitrogen and oxygen atoms in total. The summed E-state index contributed by atoms with van der Waals surface area (Å²) >= 11 is 9.53. The molecule has 6 heteroatoms. The van der Waals surface area contributed by atoms with Gasteiger partial charge in [-0.1, -0.05) is 0 Å². The molecule has 0 aromatic rings. The van der Waals surface area contributed by atoms with Crippen LogP contribution in [-0.4, -0.2) is 28.0 Å². The highest BCUT2D eigenvalue weighted by Gasteiger charge is 1.65. The van der Waals surface area contributed by atoms with E-state index in [1.165, 1.54) is 0 Å². The second kappa shape index (κ2) is 23.6. The monoisotopic (exact) mass is 190 g/mol. The molecule has 0 aliphatic carbocycles. The highest BCUT2D eigenvalue weighted by atomic mass is 35.5. The van der Waals surface area contributed by atoms with E-state index >= 15 is 0 Å². The van der Waals surface area contributed by atoms with Crippen molar-refractivity contribution in [2.45, 2.75) is 6.92 Å². The molecule has 62 valence electrons. The average Bonchev–Trinajstić information content (AvgIpc) is 1.65. The van der Waals surface area contributed by atoms with Crippen molar-refractivity contribution in [1.82, 2.24) is 0 Å². The molecule has 2 N–H and O–H groups in total. The Hall–Kier alpha value is -0.480. The fourth-order valence-electron chi connectivity index (χ4n) is 0. The third-order valence-corrected chi connectivity index (χ3v) is 0. The number of halogens is 2. The minimum atomic E-state index is -0.833. The van der Waals surface area contributed by atoms with Crippen LogP contribution in [-0.2, 0) is 9.59 Å². The van der Waals surface area contributed by atoms with Crippen LogP contribution in [0.4, 0.5) is 0 Å². The number of carboxylic acids is 1. The molecule has 0 amide bonds. The summed E-state index contributed by atoms with van der Waals surface area (Å²) in [6, 6.07) is 0. The lowest BCUT2D eigenvalue weighted by Crippen LogP contribution is -1.78. The molecule has 0 spiro atoms. The Labute approximate surface area is 68.4 Å². The zero-order valence-electron chi connectivity index (χ0n) is 5.25. The summed E-state index contributed by atoms with van der Waals surface area (Å²) in [4.78, 5) is 17.4. The predicted molar refractivity (Wildman–Crippen MR) is 38.6 cm³/mol. The van der Waals surface area contributed by atoms with Gasteiger partial charge in [-0.3, -0.25) is 9.59 Å². The van der Waals surface area contributed by atoms with Crippen LogP contribution in [0.2, 0.25) is 0 Å². The first-order valence-corrected chi connectivity index (χ1v) is 3.03. The fourth-order valence-corrected chi connectivity index (χ4v) is 0. The first-order chi connectivity index (χ1) is 4.56. The van der Waals surface area contributed by atoms with Gasteiger partial charge >= 0.3 is 0 Å². The molecule has 0 atom stereocenters. The zero-order chi connectivity index (χ0) is 8.99. The predicted octanol–water partition coefficient (Wildman–Crippen LogP) is 1.21. The van der Waals surface area contributed by atoms with Crippen LogP contribution in [0.25, 0.3) is 0 Å². The number of carbonyl (C=O) groups is 2. The molecule has 0 aliphatic rings. The van der Waals surface area contributed by atoms with E-state index in [2.05, 4.69) is 0 Å². The van der Waals surface area contributed by atoms with E-state index < -0.39 is 5.97 Å². The van der Waals surface area contributed by atoms with Crippen molar-refractivity contribution >= 4 is 35.6 Å². The lowest BCUT2D eigenvalue weighted by molar-refractivity contribution is -0.134. The van der Waals surface area contributed by atoms with Crippen molar-refractivity contribution in [2.24, 2.45) is 0 Å². The van der Waals surface area contributed by atoms with Crippen molar-refractivity contribution in [3.8, 4) is 0 Å². The largest absolute Gasteiger partial charge is 0.483 e. The van der Waals surface area contributed by atoms with Gasteiger partial charge in [-0.25, -0.2) is 0 Å². The zero-order valence-corrected chi connectivity index (χ0v) is 6.76. The summed E-state index contributed by atoms with van der Waals surface area (Å²) < 4.78 is 0. The van der Waals surface area contributed by atoms with E-state index in [1.54, 1.807) is 0 Å². The fraction of sp³-hybridized carbons (Fsp3) is 0.500. The van der Waals surface area contributed by atoms with Crippen LogP contribution in [0.15, 0.2) is 0 Å². The summed E-state index contributed by atoms with van der Waals surface area (Å²) in [7, 11) is 0. The Balaban J connectivity index is -0.0000000750. The maximum atomic E-state index is 9.00. The van der Waals surface area contributed by atoms with Gasteiger partial charge in [-0.15, -0.1) is 23.2 Å². The van der Waals surface area contributed by atoms with Crippen molar-refractivity contribution in [2.75, 3.05) is 5.34 Å². The van der Waals surface area contributed by atoms with E-state index in [0.717, 1.165) is 6.92 Å². The van der Waals surface area contributed by atoms with Crippen molar-refractivity contribution in [1.29, 1.82) is 0 Å². The number of rotatable bonds is 0. The molecular weight excluding hydrogens is 183 g/mol. The van der Waals surface area contributed by atoms with Gasteiger partial charge in [0.05, 0.1) is 5.34 Å². The lowest BCUT2D eigenvalue weighted by Gasteiger charge is -1.59. The van der Waals surface area contributed by atoms with Gasteiger partial charge in [0.1, 0.15) is 0 Å². The van der Waals surface area contributed by atoms with Gasteiger partial charge in [0, 0.05) is 6.92 Å². The quantitative estimate of drug-likeness (QED) is 0.445. The highest BCUT2D eigenvalue weighted by molar-refractivity contribution is 6.40. The molecule has 0 rings (SSSR count). The topological polar surface area (TPSA) is 74.6 Å². The average molecular weight is 191 g/mol. The molecule has 10 heavy (non-hydrogen) atoms. The first-order valence-electron chi connectivity index (χ1n) is 1.96. The van der Waals surface area contributed by atoms with Crippen molar-refractivity contribution in [3.05, 3.63) is 0 Å². The number of hydrogen-bond donors (Lipinski definition) is 2.